The van der Waals surface area contributed by atoms with E-state index in [4.69, 9.17) is 5.11 Å². The Morgan fingerprint density at radius 3 is 2.59 bits per heavy atom. The molecule has 6 heteroatoms. The summed E-state index contributed by atoms with van der Waals surface area (Å²) in [4.78, 5) is 24.1. The van der Waals surface area contributed by atoms with E-state index in [1.165, 1.54) is 4.90 Å². The second-order valence-corrected chi connectivity index (χ2v) is 5.17. The van der Waals surface area contributed by atoms with Crippen LogP contribution in [0.15, 0.2) is 0 Å². The number of nitrogens with one attached hydrogen (secondary N) is 1. The van der Waals surface area contributed by atoms with Crippen molar-refractivity contribution in [2.75, 3.05) is 18.6 Å². The van der Waals surface area contributed by atoms with Crippen molar-refractivity contribution < 1.29 is 14.7 Å². The molecule has 0 spiro atoms. The van der Waals surface area contributed by atoms with Crippen molar-refractivity contribution in [2.45, 2.75) is 38.3 Å². The first kappa shape index (κ1) is 14.2. The first-order valence-corrected chi connectivity index (χ1v) is 7.25. The quantitative estimate of drug-likeness (QED) is 0.725. The third-order valence-electron chi connectivity index (χ3n) is 2.74. The van der Waals surface area contributed by atoms with Gasteiger partial charge in [0.05, 0.1) is 0 Å². The first-order chi connectivity index (χ1) is 8.08. The Morgan fingerprint density at radius 2 is 2.18 bits per heavy atom. The summed E-state index contributed by atoms with van der Waals surface area (Å²) >= 11 is 1.68. The van der Waals surface area contributed by atoms with Crippen LogP contribution in [0.4, 0.5) is 4.79 Å². The molecule has 0 heterocycles. The number of carboxylic acids is 1. The highest BCUT2D eigenvalue weighted by Crippen LogP contribution is 2.26. The summed E-state index contributed by atoms with van der Waals surface area (Å²) in [6.07, 6.45) is 4.68. The summed E-state index contributed by atoms with van der Waals surface area (Å²) in [5.74, 6) is -0.0988. The van der Waals surface area contributed by atoms with Gasteiger partial charge in [0.15, 0.2) is 0 Å². The summed E-state index contributed by atoms with van der Waals surface area (Å²) in [5.41, 5.74) is 0. The number of nitrogens with zero attached hydrogens (tertiary/aromatic N) is 1. The van der Waals surface area contributed by atoms with E-state index in [9.17, 15) is 9.59 Å². The van der Waals surface area contributed by atoms with Crippen LogP contribution in [0.1, 0.15) is 26.2 Å². The molecule has 1 aliphatic carbocycles. The van der Waals surface area contributed by atoms with E-state index in [0.717, 1.165) is 25.0 Å². The highest BCUT2D eigenvalue weighted by molar-refractivity contribution is 7.98. The van der Waals surface area contributed by atoms with Gasteiger partial charge in [0, 0.05) is 17.8 Å². The van der Waals surface area contributed by atoms with E-state index in [1.807, 2.05) is 13.2 Å². The van der Waals surface area contributed by atoms with Crippen molar-refractivity contribution in [3.8, 4) is 0 Å². The lowest BCUT2D eigenvalue weighted by molar-refractivity contribution is -0.137. The zero-order valence-corrected chi connectivity index (χ0v) is 11.1. The van der Waals surface area contributed by atoms with Crippen LogP contribution in [-0.2, 0) is 4.79 Å². The summed E-state index contributed by atoms with van der Waals surface area (Å²) in [7, 11) is 0. The van der Waals surface area contributed by atoms with Crippen LogP contribution in [0.3, 0.4) is 0 Å². The second-order valence-electron chi connectivity index (χ2n) is 4.26. The fourth-order valence-corrected chi connectivity index (χ4v) is 2.34. The summed E-state index contributed by atoms with van der Waals surface area (Å²) in [6.45, 7) is 1.81. The summed E-state index contributed by atoms with van der Waals surface area (Å²) in [6, 6.07) is 0.00114. The lowest BCUT2D eigenvalue weighted by atomic mass is 10.2. The molecule has 1 unspecified atom stereocenters. The topological polar surface area (TPSA) is 69.6 Å². The van der Waals surface area contributed by atoms with Crippen LogP contribution in [0.25, 0.3) is 0 Å². The van der Waals surface area contributed by atoms with Crippen LogP contribution in [0, 0.1) is 0 Å². The van der Waals surface area contributed by atoms with Crippen molar-refractivity contribution in [1.82, 2.24) is 10.2 Å². The number of rotatable bonds is 7. The lowest BCUT2D eigenvalue weighted by Crippen LogP contribution is -2.48. The molecule has 98 valence electrons. The Kier molecular flexibility index (Phi) is 5.61. The van der Waals surface area contributed by atoms with E-state index in [0.29, 0.717) is 0 Å². The molecule has 0 aromatic heterocycles. The van der Waals surface area contributed by atoms with Gasteiger partial charge in [-0.2, -0.15) is 11.8 Å². The fraction of sp³-hybridized carbons (Fsp3) is 0.818. The number of urea groups is 1. The summed E-state index contributed by atoms with van der Waals surface area (Å²) < 4.78 is 0. The van der Waals surface area contributed by atoms with Gasteiger partial charge in [0.1, 0.15) is 6.54 Å². The molecule has 0 saturated heterocycles. The summed E-state index contributed by atoms with van der Waals surface area (Å²) in [5, 5.41) is 11.7. The number of thioether (sulfide) groups is 1. The van der Waals surface area contributed by atoms with Crippen LogP contribution in [0.5, 0.6) is 0 Å². The van der Waals surface area contributed by atoms with Gasteiger partial charge in [-0.1, -0.05) is 6.92 Å². The molecular weight excluding hydrogens is 240 g/mol. The molecule has 1 aliphatic rings. The second kappa shape index (κ2) is 6.74. The maximum atomic E-state index is 11.9. The van der Waals surface area contributed by atoms with Gasteiger partial charge in [-0.3, -0.25) is 4.79 Å². The fourth-order valence-electron chi connectivity index (χ4n) is 1.62. The molecule has 1 fully saturated rings. The van der Waals surface area contributed by atoms with Gasteiger partial charge < -0.3 is 15.3 Å². The Balaban J connectivity index is 2.49. The Hall–Kier alpha value is -0.910. The van der Waals surface area contributed by atoms with Gasteiger partial charge in [-0.05, 0) is 25.5 Å². The van der Waals surface area contributed by atoms with E-state index >= 15 is 0 Å². The molecule has 0 bridgehead atoms. The van der Waals surface area contributed by atoms with Crippen LogP contribution >= 0.6 is 11.8 Å². The number of carbonyl (C=O) groups excluding carboxylic acids is 1. The van der Waals surface area contributed by atoms with E-state index in [1.54, 1.807) is 11.8 Å². The average Bonchev–Trinajstić information content (AvgIpc) is 3.08. The molecule has 1 rings (SSSR count). The molecule has 2 amide bonds. The normalized spacial score (nSPS) is 16.4. The predicted octanol–water partition coefficient (Wildman–Crippen LogP) is 1.39. The molecule has 0 aliphatic heterocycles. The number of aliphatic carboxylic acids is 1. The highest BCUT2D eigenvalue weighted by Gasteiger charge is 2.34. The molecule has 0 radical (unpaired) electrons. The Morgan fingerprint density at radius 1 is 1.53 bits per heavy atom. The largest absolute Gasteiger partial charge is 0.480 e. The van der Waals surface area contributed by atoms with Gasteiger partial charge in [-0.15, -0.1) is 0 Å². The molecule has 1 saturated carbocycles. The molecule has 2 N–H and O–H groups in total. The molecule has 0 aromatic rings. The highest BCUT2D eigenvalue weighted by atomic mass is 32.2. The van der Waals surface area contributed by atoms with Crippen LogP contribution in [-0.4, -0.2) is 52.6 Å². The smallest absolute Gasteiger partial charge is 0.323 e. The monoisotopic (exact) mass is 260 g/mol. The standard InChI is InChI=1S/C11H20N2O3S/c1-3-8(7-17-2)12-11(16)13(6-10(14)15)9-4-5-9/h8-9H,3-7H2,1-2H3,(H,12,16)(H,14,15). The predicted molar refractivity (Wildman–Crippen MR) is 68.4 cm³/mol. The Labute approximate surface area is 106 Å². The third kappa shape index (κ3) is 4.85. The van der Waals surface area contributed by atoms with Crippen molar-refractivity contribution in [1.29, 1.82) is 0 Å². The number of hydrogen-bond donors (Lipinski definition) is 2. The maximum Gasteiger partial charge on any atom is 0.323 e. The number of hydrogen-bond acceptors (Lipinski definition) is 3. The van der Waals surface area contributed by atoms with Gasteiger partial charge in [-0.25, -0.2) is 4.79 Å². The van der Waals surface area contributed by atoms with Crippen molar-refractivity contribution in [3.63, 3.8) is 0 Å². The number of carboxylic acid groups (broad SMARTS) is 1. The van der Waals surface area contributed by atoms with E-state index in [2.05, 4.69) is 5.32 Å². The minimum absolute atomic E-state index is 0.118. The van der Waals surface area contributed by atoms with Crippen LogP contribution in [0.2, 0.25) is 0 Å². The van der Waals surface area contributed by atoms with Crippen molar-refractivity contribution >= 4 is 23.8 Å². The van der Waals surface area contributed by atoms with Gasteiger partial charge in [0.2, 0.25) is 0 Å². The number of carbonyl (C=O) groups is 2. The minimum atomic E-state index is -0.954. The van der Waals surface area contributed by atoms with Gasteiger partial charge in [0.25, 0.3) is 0 Å². The molecule has 1 atom stereocenters. The average molecular weight is 260 g/mol. The first-order valence-electron chi connectivity index (χ1n) is 5.86. The van der Waals surface area contributed by atoms with E-state index < -0.39 is 5.97 Å². The van der Waals surface area contributed by atoms with Crippen molar-refractivity contribution in [2.24, 2.45) is 0 Å². The van der Waals surface area contributed by atoms with Crippen LogP contribution < -0.4 is 5.32 Å². The minimum Gasteiger partial charge on any atom is -0.480 e. The maximum absolute atomic E-state index is 11.9. The Bertz CT molecular complexity index is 282. The molecule has 5 nitrogen and oxygen atoms in total. The molecule has 17 heavy (non-hydrogen) atoms. The zero-order valence-electron chi connectivity index (χ0n) is 10.3. The zero-order chi connectivity index (χ0) is 12.8. The third-order valence-corrected chi connectivity index (χ3v) is 3.48. The molecule has 0 aromatic carbocycles. The lowest BCUT2D eigenvalue weighted by Gasteiger charge is -2.24. The van der Waals surface area contributed by atoms with Crippen molar-refractivity contribution in [3.05, 3.63) is 0 Å². The van der Waals surface area contributed by atoms with E-state index in [-0.39, 0.29) is 24.7 Å². The SMILES string of the molecule is CCC(CSC)NC(=O)N(CC(=O)O)C1CC1. The number of amides is 2. The molecular formula is C11H20N2O3S. The van der Waals surface area contributed by atoms with Gasteiger partial charge >= 0.3 is 12.0 Å².